The summed E-state index contributed by atoms with van der Waals surface area (Å²) in [5.41, 5.74) is 1.48. The Kier molecular flexibility index (Phi) is 6.06. The van der Waals surface area contributed by atoms with Crippen molar-refractivity contribution in [1.29, 1.82) is 0 Å². The van der Waals surface area contributed by atoms with Gasteiger partial charge in [0.05, 0.1) is 53.8 Å². The number of hydrogen-bond donors (Lipinski definition) is 2. The molecule has 1 aromatic carbocycles. The number of amides is 3. The van der Waals surface area contributed by atoms with Crippen molar-refractivity contribution in [3.8, 4) is 11.6 Å². The summed E-state index contributed by atoms with van der Waals surface area (Å²) in [5.74, 6) is -0.0625. The largest absolute Gasteiger partial charge is 0.439 e. The zero-order chi connectivity index (χ0) is 26.2. The minimum Gasteiger partial charge on any atom is -0.439 e. The first-order valence-electron chi connectivity index (χ1n) is 11.8. The van der Waals surface area contributed by atoms with Gasteiger partial charge in [-0.05, 0) is 30.3 Å². The van der Waals surface area contributed by atoms with Gasteiger partial charge in [-0.15, -0.1) is 11.3 Å². The molecule has 3 amide bonds. The van der Waals surface area contributed by atoms with Crippen molar-refractivity contribution >= 4 is 56.3 Å². The first-order valence-corrected chi connectivity index (χ1v) is 12.6. The molecule has 190 valence electrons. The third kappa shape index (κ3) is 4.17. The summed E-state index contributed by atoms with van der Waals surface area (Å²) in [6.45, 7) is 3.96. The summed E-state index contributed by atoms with van der Waals surface area (Å²) in [6, 6.07) is 13.5. The zero-order valence-electron chi connectivity index (χ0n) is 19.9. The van der Waals surface area contributed by atoms with Gasteiger partial charge in [0.2, 0.25) is 5.88 Å². The number of para-hydroxylation sites is 1. The monoisotopic (exact) mass is 527 g/mol. The number of ketones is 1. The van der Waals surface area contributed by atoms with Crippen molar-refractivity contribution < 1.29 is 23.9 Å². The summed E-state index contributed by atoms with van der Waals surface area (Å²) < 4.78 is 11.2. The minimum atomic E-state index is -0.498. The molecule has 0 bridgehead atoms. The van der Waals surface area contributed by atoms with Crippen LogP contribution in [0.3, 0.4) is 0 Å². The molecule has 0 radical (unpaired) electrons. The van der Waals surface area contributed by atoms with Crippen molar-refractivity contribution in [3.05, 3.63) is 78.5 Å². The molecule has 0 spiro atoms. The van der Waals surface area contributed by atoms with Gasteiger partial charge in [0.15, 0.2) is 5.78 Å². The number of ether oxygens (including phenoxy) is 2. The summed E-state index contributed by atoms with van der Waals surface area (Å²) in [7, 11) is 0. The number of rotatable bonds is 7. The molecule has 1 fully saturated rings. The van der Waals surface area contributed by atoms with E-state index >= 15 is 0 Å². The minimum absolute atomic E-state index is 0.188. The van der Waals surface area contributed by atoms with E-state index in [1.54, 1.807) is 30.6 Å². The molecule has 2 atom stereocenters. The highest BCUT2D eigenvalue weighted by Crippen LogP contribution is 2.45. The lowest BCUT2D eigenvalue weighted by Gasteiger charge is -2.28. The maximum Gasteiger partial charge on any atom is 0.331 e. The molecule has 3 aromatic heterocycles. The van der Waals surface area contributed by atoms with E-state index < -0.39 is 23.9 Å². The fraction of sp³-hybridized carbons (Fsp3) is 0.148. The van der Waals surface area contributed by atoms with Gasteiger partial charge >= 0.3 is 6.03 Å². The Morgan fingerprint density at radius 3 is 2.76 bits per heavy atom. The smallest absolute Gasteiger partial charge is 0.331 e. The standard InChI is InChI=1S/C27H21N5O5S/c1-2-20(33)17-13-36-14-18(17)30-25(34)24-23-22-19(10-11-28-26(22)38-24)32(27(35)31-23)15-8-9-21(29-12-15)37-16-6-4-3-5-7-16/h2-12,17-18H,1,13-14H2,(H,30,34)(H,31,35)/t17-,18-/m1/s1. The third-order valence-corrected chi connectivity index (χ3v) is 7.46. The average molecular weight is 528 g/mol. The van der Waals surface area contributed by atoms with Gasteiger partial charge < -0.3 is 20.1 Å². The van der Waals surface area contributed by atoms with Gasteiger partial charge in [0.1, 0.15) is 15.5 Å². The van der Waals surface area contributed by atoms with E-state index in [0.29, 0.717) is 43.8 Å². The van der Waals surface area contributed by atoms with Crippen molar-refractivity contribution in [2.45, 2.75) is 6.04 Å². The highest BCUT2D eigenvalue weighted by molar-refractivity contribution is 7.21. The number of urea groups is 1. The molecule has 0 unspecified atom stereocenters. The first kappa shape index (κ1) is 23.8. The molecule has 5 heterocycles. The van der Waals surface area contributed by atoms with Gasteiger partial charge in [-0.3, -0.25) is 14.5 Å². The number of pyridine rings is 2. The Morgan fingerprint density at radius 1 is 1.16 bits per heavy atom. The van der Waals surface area contributed by atoms with Crippen LogP contribution in [-0.2, 0) is 9.53 Å². The molecule has 38 heavy (non-hydrogen) atoms. The van der Waals surface area contributed by atoms with Crippen LogP contribution in [0.5, 0.6) is 11.6 Å². The van der Waals surface area contributed by atoms with Crippen molar-refractivity contribution in [2.75, 3.05) is 23.4 Å². The molecular formula is C27H21N5O5S. The van der Waals surface area contributed by atoms with E-state index in [1.807, 2.05) is 30.3 Å². The van der Waals surface area contributed by atoms with Gasteiger partial charge in [0, 0.05) is 12.3 Å². The lowest BCUT2D eigenvalue weighted by atomic mass is 9.98. The topological polar surface area (TPSA) is 123 Å². The van der Waals surface area contributed by atoms with E-state index in [9.17, 15) is 14.4 Å². The Balaban J connectivity index is 1.30. The zero-order valence-corrected chi connectivity index (χ0v) is 20.7. The van der Waals surface area contributed by atoms with E-state index in [4.69, 9.17) is 9.47 Å². The number of aromatic nitrogens is 2. The lowest BCUT2D eigenvalue weighted by molar-refractivity contribution is -0.118. The van der Waals surface area contributed by atoms with Crippen LogP contribution in [0.2, 0.25) is 0 Å². The predicted octanol–water partition coefficient (Wildman–Crippen LogP) is 4.67. The number of nitrogens with zero attached hydrogens (tertiary/aromatic N) is 3. The number of anilines is 3. The lowest BCUT2D eigenvalue weighted by Crippen LogP contribution is -2.42. The van der Waals surface area contributed by atoms with Crippen molar-refractivity contribution in [1.82, 2.24) is 15.3 Å². The molecule has 4 aromatic rings. The normalized spacial score (nSPS) is 18.2. The summed E-state index contributed by atoms with van der Waals surface area (Å²) in [4.78, 5) is 49.9. The number of hydrogen-bond acceptors (Lipinski definition) is 8. The van der Waals surface area contributed by atoms with E-state index in [0.717, 1.165) is 0 Å². The molecule has 1 saturated heterocycles. The highest BCUT2D eigenvalue weighted by atomic mass is 32.1. The molecular weight excluding hydrogens is 506 g/mol. The number of thiophene rings is 1. The molecule has 2 N–H and O–H groups in total. The summed E-state index contributed by atoms with van der Waals surface area (Å²) >= 11 is 1.17. The van der Waals surface area contributed by atoms with E-state index in [1.165, 1.54) is 22.3 Å². The first-order chi connectivity index (χ1) is 18.5. The van der Waals surface area contributed by atoms with Crippen molar-refractivity contribution in [3.63, 3.8) is 0 Å². The summed E-state index contributed by atoms with van der Waals surface area (Å²) in [6.07, 6.45) is 4.38. The van der Waals surface area contributed by atoms with E-state index in [2.05, 4.69) is 27.2 Å². The van der Waals surface area contributed by atoms with Crippen molar-refractivity contribution in [2.24, 2.45) is 5.92 Å². The van der Waals surface area contributed by atoms with Gasteiger partial charge in [0.25, 0.3) is 5.91 Å². The maximum atomic E-state index is 13.3. The van der Waals surface area contributed by atoms with Gasteiger partial charge in [-0.1, -0.05) is 24.8 Å². The molecule has 0 aliphatic carbocycles. The van der Waals surface area contributed by atoms with Gasteiger partial charge in [-0.25, -0.2) is 14.8 Å². The molecule has 11 heteroatoms. The molecule has 6 rings (SSSR count). The highest BCUT2D eigenvalue weighted by Gasteiger charge is 2.37. The van der Waals surface area contributed by atoms with Crippen LogP contribution < -0.4 is 20.3 Å². The fourth-order valence-electron chi connectivity index (χ4n) is 4.54. The second-order valence-electron chi connectivity index (χ2n) is 8.68. The van der Waals surface area contributed by atoms with Crippen LogP contribution in [0.15, 0.2) is 73.6 Å². The molecule has 0 saturated carbocycles. The number of nitrogens with one attached hydrogen (secondary N) is 2. The van der Waals surface area contributed by atoms with Crippen LogP contribution >= 0.6 is 11.3 Å². The number of benzene rings is 1. The third-order valence-electron chi connectivity index (χ3n) is 6.36. The Hall–Kier alpha value is -4.61. The van der Waals surface area contributed by atoms with Gasteiger partial charge in [-0.2, -0.15) is 0 Å². The molecule has 10 nitrogen and oxygen atoms in total. The maximum absolute atomic E-state index is 13.3. The van der Waals surface area contributed by atoms with Crippen LogP contribution in [-0.4, -0.2) is 46.9 Å². The quantitative estimate of drug-likeness (QED) is 0.335. The van der Waals surface area contributed by atoms with Crippen LogP contribution in [0.4, 0.5) is 21.9 Å². The number of carbonyl (C=O) groups is 3. The second-order valence-corrected chi connectivity index (χ2v) is 9.68. The Morgan fingerprint density at radius 2 is 2.00 bits per heavy atom. The molecule has 2 aliphatic rings. The Bertz CT molecular complexity index is 1570. The Labute approximate surface area is 220 Å². The number of allylic oxidation sites excluding steroid dienone is 1. The van der Waals surface area contributed by atoms with Crippen LogP contribution in [0.25, 0.3) is 10.2 Å². The van der Waals surface area contributed by atoms with Crippen LogP contribution in [0, 0.1) is 5.92 Å². The average Bonchev–Trinajstić information content (AvgIpc) is 3.55. The van der Waals surface area contributed by atoms with E-state index in [-0.39, 0.29) is 19.0 Å². The van der Waals surface area contributed by atoms with Crippen LogP contribution in [0.1, 0.15) is 9.67 Å². The molecule has 2 aliphatic heterocycles. The number of carbonyl (C=O) groups excluding carboxylic acids is 3. The SMILES string of the molecule is C=CC(=O)[C@@H]1COC[C@H]1NC(=O)c1sc2nccc3c2c1NC(=O)N3c1ccc(Oc2ccccc2)nc1. The fourth-order valence-corrected chi connectivity index (χ4v) is 5.56. The second kappa shape index (κ2) is 9.69. The predicted molar refractivity (Wildman–Crippen MR) is 142 cm³/mol. The summed E-state index contributed by atoms with van der Waals surface area (Å²) in [5, 5.41) is 6.38.